The van der Waals surface area contributed by atoms with Gasteiger partial charge in [-0.3, -0.25) is 4.98 Å². The zero-order valence-electron chi connectivity index (χ0n) is 17.0. The smallest absolute Gasteiger partial charge is 0.421 e. The van der Waals surface area contributed by atoms with Gasteiger partial charge in [-0.2, -0.15) is 26.3 Å². The molecule has 3 rings (SSSR count). The van der Waals surface area contributed by atoms with Crippen LogP contribution in [0.15, 0.2) is 71.9 Å². The van der Waals surface area contributed by atoms with Crippen LogP contribution in [0.5, 0.6) is 0 Å². The lowest BCUT2D eigenvalue weighted by molar-refractivity contribution is -0.143. The van der Waals surface area contributed by atoms with E-state index in [1.165, 1.54) is 36.7 Å². The van der Waals surface area contributed by atoms with E-state index in [1.807, 2.05) is 0 Å². The normalized spacial score (nSPS) is 12.8. The second kappa shape index (κ2) is 10.3. The van der Waals surface area contributed by atoms with E-state index in [1.54, 1.807) is 12.1 Å². The second-order valence-electron chi connectivity index (χ2n) is 6.81. The number of nitrogens with one attached hydrogen (secondary N) is 3. The Morgan fingerprint density at radius 1 is 0.853 bits per heavy atom. The summed E-state index contributed by atoms with van der Waals surface area (Å²) in [5.74, 6) is 0. The van der Waals surface area contributed by atoms with Crippen molar-refractivity contribution in [1.82, 2.24) is 9.71 Å². The standard InChI is InChI=1S/C21H16F6N4O2S/c22-20(23,24)14-3-6-17(21(25,26)27)18(11-14)34(33)29-12-13-1-4-15(5-2-13)30-19(32)31-16-7-9-28-10-8-16/h1-11,29H,12H2,(H2,28,30,31,32). The molecular formula is C21H16F6N4O2S. The summed E-state index contributed by atoms with van der Waals surface area (Å²) in [6, 6.07) is 9.42. The van der Waals surface area contributed by atoms with Gasteiger partial charge in [0, 0.05) is 29.8 Å². The number of anilines is 2. The molecule has 3 aromatic rings. The Morgan fingerprint density at radius 2 is 1.44 bits per heavy atom. The minimum atomic E-state index is -4.99. The van der Waals surface area contributed by atoms with Crippen LogP contribution in [-0.4, -0.2) is 15.6 Å². The lowest BCUT2D eigenvalue weighted by Crippen LogP contribution is -2.26. The quantitative estimate of drug-likeness (QED) is 0.304. The zero-order valence-corrected chi connectivity index (χ0v) is 17.8. The van der Waals surface area contributed by atoms with Crippen molar-refractivity contribution < 1.29 is 35.7 Å². The monoisotopic (exact) mass is 502 g/mol. The molecule has 6 nitrogen and oxygen atoms in total. The molecule has 13 heteroatoms. The van der Waals surface area contributed by atoms with E-state index in [-0.39, 0.29) is 18.7 Å². The van der Waals surface area contributed by atoms with Gasteiger partial charge < -0.3 is 15.2 Å². The summed E-state index contributed by atoms with van der Waals surface area (Å²) in [6.07, 6.45) is -6.88. The maximum atomic E-state index is 13.2. The highest BCUT2D eigenvalue weighted by atomic mass is 32.2. The van der Waals surface area contributed by atoms with Crippen molar-refractivity contribution in [3.8, 4) is 0 Å². The third-order valence-electron chi connectivity index (χ3n) is 4.37. The molecule has 1 aromatic heterocycles. The molecule has 0 saturated carbocycles. The summed E-state index contributed by atoms with van der Waals surface area (Å²) in [6.45, 7) is -0.205. The van der Waals surface area contributed by atoms with Crippen molar-refractivity contribution in [1.29, 1.82) is 0 Å². The minimum Gasteiger partial charge on any atom is -0.593 e. The van der Waals surface area contributed by atoms with E-state index in [0.717, 1.165) is 0 Å². The Labute approximate surface area is 192 Å². The number of pyridine rings is 1. The van der Waals surface area contributed by atoms with Gasteiger partial charge in [-0.25, -0.2) is 4.79 Å². The van der Waals surface area contributed by atoms with Crippen molar-refractivity contribution >= 4 is 28.8 Å². The summed E-state index contributed by atoms with van der Waals surface area (Å²) >= 11 is -2.58. The first-order valence-corrected chi connectivity index (χ1v) is 10.6. The van der Waals surface area contributed by atoms with Gasteiger partial charge in [-0.15, -0.1) is 4.72 Å². The molecule has 3 N–H and O–H groups in total. The van der Waals surface area contributed by atoms with E-state index >= 15 is 0 Å². The molecule has 0 saturated heterocycles. The topological polar surface area (TPSA) is 89.1 Å². The van der Waals surface area contributed by atoms with E-state index in [2.05, 4.69) is 20.3 Å². The summed E-state index contributed by atoms with van der Waals surface area (Å²) in [5.41, 5.74) is -1.39. The van der Waals surface area contributed by atoms with Gasteiger partial charge in [0.15, 0.2) is 4.90 Å². The molecular weight excluding hydrogens is 486 g/mol. The first kappa shape index (κ1) is 25.3. The van der Waals surface area contributed by atoms with E-state index in [4.69, 9.17) is 0 Å². The molecule has 0 radical (unpaired) electrons. The number of benzene rings is 2. The third kappa shape index (κ3) is 6.85. The van der Waals surface area contributed by atoms with Gasteiger partial charge in [-0.1, -0.05) is 12.1 Å². The van der Waals surface area contributed by atoms with Crippen LogP contribution < -0.4 is 15.4 Å². The minimum absolute atomic E-state index is 0.205. The number of carbonyl (C=O) groups is 1. The lowest BCUT2D eigenvalue weighted by atomic mass is 10.1. The largest absolute Gasteiger partial charge is 0.593 e. The van der Waals surface area contributed by atoms with Crippen LogP contribution in [0.1, 0.15) is 16.7 Å². The molecule has 0 bridgehead atoms. The molecule has 1 atom stereocenters. The van der Waals surface area contributed by atoms with Crippen LogP contribution in [0.4, 0.5) is 42.5 Å². The second-order valence-corrected chi connectivity index (χ2v) is 8.07. The maximum absolute atomic E-state index is 13.2. The highest BCUT2D eigenvalue weighted by molar-refractivity contribution is 7.89. The van der Waals surface area contributed by atoms with Gasteiger partial charge in [0.25, 0.3) is 0 Å². The van der Waals surface area contributed by atoms with Crippen molar-refractivity contribution in [2.24, 2.45) is 0 Å². The molecule has 0 aliphatic rings. The number of amides is 2. The maximum Gasteiger partial charge on any atom is 0.421 e. The fourth-order valence-electron chi connectivity index (χ4n) is 2.75. The molecule has 0 aliphatic carbocycles. The number of alkyl halides is 6. The van der Waals surface area contributed by atoms with Gasteiger partial charge >= 0.3 is 18.4 Å². The Balaban J connectivity index is 1.64. The summed E-state index contributed by atoms with van der Waals surface area (Å²) in [5, 5.41) is 5.15. The predicted octanol–water partition coefficient (Wildman–Crippen LogP) is 5.58. The lowest BCUT2D eigenvalue weighted by Gasteiger charge is -2.17. The fraction of sp³-hybridized carbons (Fsp3) is 0.143. The highest BCUT2D eigenvalue weighted by Gasteiger charge is 2.40. The molecule has 0 aliphatic heterocycles. The molecule has 0 fully saturated rings. The van der Waals surface area contributed by atoms with Gasteiger partial charge in [0.05, 0.1) is 23.5 Å². The predicted molar refractivity (Wildman–Crippen MR) is 113 cm³/mol. The molecule has 2 amide bonds. The molecule has 34 heavy (non-hydrogen) atoms. The van der Waals surface area contributed by atoms with Gasteiger partial charge in [0.2, 0.25) is 0 Å². The number of urea groups is 1. The van der Waals surface area contributed by atoms with Crippen LogP contribution >= 0.6 is 0 Å². The van der Waals surface area contributed by atoms with E-state index in [0.29, 0.717) is 23.0 Å². The number of carbonyl (C=O) groups excluding carboxylic acids is 1. The molecule has 2 aromatic carbocycles. The van der Waals surface area contributed by atoms with E-state index < -0.39 is 45.8 Å². The number of aromatic nitrogens is 1. The number of rotatable bonds is 6. The van der Waals surface area contributed by atoms with Crippen LogP contribution in [0, 0.1) is 0 Å². The molecule has 180 valence electrons. The number of halogens is 6. The Bertz CT molecular complexity index is 1120. The van der Waals surface area contributed by atoms with Crippen LogP contribution in [0.25, 0.3) is 0 Å². The Hall–Kier alpha value is -3.29. The van der Waals surface area contributed by atoms with E-state index in [9.17, 15) is 35.7 Å². The number of nitrogens with zero attached hydrogens (tertiary/aromatic N) is 1. The number of hydrogen-bond acceptors (Lipinski definition) is 4. The van der Waals surface area contributed by atoms with Crippen LogP contribution in [0.3, 0.4) is 0 Å². The van der Waals surface area contributed by atoms with Crippen LogP contribution in [0.2, 0.25) is 0 Å². The Morgan fingerprint density at radius 3 is 2.00 bits per heavy atom. The fourth-order valence-corrected chi connectivity index (χ4v) is 3.82. The summed E-state index contributed by atoms with van der Waals surface area (Å²) in [4.78, 5) is 14.8. The summed E-state index contributed by atoms with van der Waals surface area (Å²) < 4.78 is 93.1. The average Bonchev–Trinajstić information content (AvgIpc) is 2.77. The van der Waals surface area contributed by atoms with Crippen molar-refractivity contribution in [2.45, 2.75) is 23.8 Å². The highest BCUT2D eigenvalue weighted by Crippen LogP contribution is 2.38. The average molecular weight is 502 g/mol. The Kier molecular flexibility index (Phi) is 7.69. The van der Waals surface area contributed by atoms with Gasteiger partial charge in [0.1, 0.15) is 5.56 Å². The first-order valence-electron chi connectivity index (χ1n) is 9.44. The van der Waals surface area contributed by atoms with Crippen molar-refractivity contribution in [3.05, 3.63) is 83.7 Å². The van der Waals surface area contributed by atoms with Gasteiger partial charge in [-0.05, 0) is 42.0 Å². The molecule has 0 spiro atoms. The summed E-state index contributed by atoms with van der Waals surface area (Å²) in [7, 11) is 0. The SMILES string of the molecule is O=C(Nc1ccncc1)Nc1ccc(CN[S+]([O-])c2cc(C(F)(F)F)ccc2C(F)(F)F)cc1. The third-order valence-corrected chi connectivity index (χ3v) is 5.52. The van der Waals surface area contributed by atoms with Crippen LogP contribution in [-0.2, 0) is 30.3 Å². The first-order chi connectivity index (χ1) is 15.9. The zero-order chi connectivity index (χ0) is 24.9. The molecule has 1 heterocycles. The van der Waals surface area contributed by atoms with Crippen molar-refractivity contribution in [3.63, 3.8) is 0 Å². The van der Waals surface area contributed by atoms with Crippen molar-refractivity contribution in [2.75, 3.05) is 10.6 Å². The number of hydrogen-bond donors (Lipinski definition) is 3. The molecule has 1 unspecified atom stereocenters.